The van der Waals surface area contributed by atoms with E-state index in [1.807, 2.05) is 48.9 Å². The number of rotatable bonds is 3. The highest BCUT2D eigenvalue weighted by Gasteiger charge is 2.32. The summed E-state index contributed by atoms with van der Waals surface area (Å²) in [7, 11) is 0. The number of carbonyl (C=O) groups is 4. The topological polar surface area (TPSA) is 135 Å². The molecule has 0 aliphatic carbocycles. The lowest BCUT2D eigenvalue weighted by Gasteiger charge is -2.27. The second-order valence-electron chi connectivity index (χ2n) is 10.1. The van der Waals surface area contributed by atoms with Gasteiger partial charge < -0.3 is 30.2 Å². The molecule has 2 aromatic rings. The number of amides is 4. The van der Waals surface area contributed by atoms with Crippen molar-refractivity contribution in [1.29, 1.82) is 0 Å². The standard InChI is InChI=1S/C27H36N6O5/c1-18(2)15-22-26(36)29-10-13-32-12-9-28-25(32)19-5-3-6-20(16-19)38-14-4-11-33(17-24(35)31-22)27(37)21-7-8-23(34)30-21/h3,5-6,9,12,16,18,21-22H,4,7-8,10-11,13-15,17H2,1-2H3,(H,29,36)(H,30,34)(H,31,35)/t21-,22+/m0/s1. The number of imidazole rings is 1. The van der Waals surface area contributed by atoms with Gasteiger partial charge in [0.15, 0.2) is 0 Å². The van der Waals surface area contributed by atoms with E-state index in [-0.39, 0.29) is 43.1 Å². The zero-order valence-electron chi connectivity index (χ0n) is 21.9. The maximum absolute atomic E-state index is 13.2. The lowest BCUT2D eigenvalue weighted by atomic mass is 10.0. The van der Waals surface area contributed by atoms with Crippen molar-refractivity contribution in [2.45, 2.75) is 58.2 Å². The van der Waals surface area contributed by atoms with Crippen LogP contribution < -0.4 is 20.7 Å². The molecule has 11 nitrogen and oxygen atoms in total. The van der Waals surface area contributed by atoms with Gasteiger partial charge in [-0.2, -0.15) is 0 Å². The molecular weight excluding hydrogens is 488 g/mol. The van der Waals surface area contributed by atoms with E-state index < -0.39 is 18.0 Å². The first-order chi connectivity index (χ1) is 18.3. The molecule has 1 saturated heterocycles. The minimum absolute atomic E-state index is 0.167. The summed E-state index contributed by atoms with van der Waals surface area (Å²) >= 11 is 0. The van der Waals surface area contributed by atoms with Crippen LogP contribution in [0.25, 0.3) is 11.4 Å². The van der Waals surface area contributed by atoms with E-state index in [1.54, 1.807) is 6.20 Å². The molecule has 1 fully saturated rings. The summed E-state index contributed by atoms with van der Waals surface area (Å²) < 4.78 is 7.92. The van der Waals surface area contributed by atoms with Crippen LogP contribution in [-0.2, 0) is 25.7 Å². The number of nitrogens with zero attached hydrogens (tertiary/aromatic N) is 3. The Balaban J connectivity index is 1.56. The van der Waals surface area contributed by atoms with Crippen LogP contribution in [-0.4, -0.2) is 76.4 Å². The van der Waals surface area contributed by atoms with E-state index in [9.17, 15) is 19.2 Å². The molecule has 4 rings (SSSR count). The van der Waals surface area contributed by atoms with E-state index in [1.165, 1.54) is 4.90 Å². The van der Waals surface area contributed by atoms with Crippen molar-refractivity contribution in [2.75, 3.05) is 26.2 Å². The summed E-state index contributed by atoms with van der Waals surface area (Å²) in [4.78, 5) is 56.9. The number of ether oxygens (including phenoxy) is 1. The molecule has 2 atom stereocenters. The molecule has 0 radical (unpaired) electrons. The molecule has 2 aliphatic rings. The van der Waals surface area contributed by atoms with Gasteiger partial charge in [-0.15, -0.1) is 0 Å². The Bertz CT molecular complexity index is 1160. The lowest BCUT2D eigenvalue weighted by Crippen LogP contribution is -2.53. The molecule has 1 aromatic heterocycles. The number of aromatic nitrogens is 2. The van der Waals surface area contributed by atoms with E-state index in [2.05, 4.69) is 20.9 Å². The van der Waals surface area contributed by atoms with Crippen LogP contribution in [0.2, 0.25) is 0 Å². The summed E-state index contributed by atoms with van der Waals surface area (Å²) in [6, 6.07) is 6.23. The number of nitrogens with one attached hydrogen (secondary N) is 3. The molecule has 0 saturated carbocycles. The monoisotopic (exact) mass is 524 g/mol. The van der Waals surface area contributed by atoms with E-state index in [4.69, 9.17) is 4.74 Å². The minimum Gasteiger partial charge on any atom is -0.494 e. The quantitative estimate of drug-likeness (QED) is 0.550. The van der Waals surface area contributed by atoms with Gasteiger partial charge in [-0.3, -0.25) is 19.2 Å². The normalized spacial score (nSPS) is 21.4. The number of carbonyl (C=O) groups excluding carboxylic acids is 4. The van der Waals surface area contributed by atoms with Gasteiger partial charge in [0, 0.05) is 44.0 Å². The Kier molecular flexibility index (Phi) is 8.98. The lowest BCUT2D eigenvalue weighted by molar-refractivity contribution is -0.139. The SMILES string of the molecule is CC(C)C[C@H]1NC(=O)CN(C(=O)[C@@H]2CCC(=O)N2)CCCOc2cccc(c2)-c2nccn2CCNC1=O. The van der Waals surface area contributed by atoms with Gasteiger partial charge >= 0.3 is 0 Å². The molecule has 0 spiro atoms. The highest BCUT2D eigenvalue weighted by molar-refractivity contribution is 5.94. The first-order valence-electron chi connectivity index (χ1n) is 13.2. The number of hydrogen-bond acceptors (Lipinski definition) is 6. The molecule has 2 bridgehead atoms. The van der Waals surface area contributed by atoms with Crippen molar-refractivity contribution in [3.05, 3.63) is 36.7 Å². The smallest absolute Gasteiger partial charge is 0.245 e. The molecule has 38 heavy (non-hydrogen) atoms. The molecule has 0 unspecified atom stereocenters. The number of fused-ring (bicyclic) bond motifs is 4. The van der Waals surface area contributed by atoms with E-state index >= 15 is 0 Å². The predicted molar refractivity (Wildman–Crippen MR) is 140 cm³/mol. The molecule has 3 N–H and O–H groups in total. The van der Waals surface area contributed by atoms with Crippen molar-refractivity contribution in [2.24, 2.45) is 5.92 Å². The summed E-state index contributed by atoms with van der Waals surface area (Å²) in [6.07, 6.45) is 5.19. The Morgan fingerprint density at radius 2 is 2.00 bits per heavy atom. The zero-order chi connectivity index (χ0) is 27.1. The van der Waals surface area contributed by atoms with Crippen LogP contribution in [0, 0.1) is 5.92 Å². The van der Waals surface area contributed by atoms with Crippen molar-refractivity contribution >= 4 is 23.6 Å². The van der Waals surface area contributed by atoms with E-state index in [0.29, 0.717) is 44.7 Å². The molecule has 1 aromatic carbocycles. The first-order valence-corrected chi connectivity index (χ1v) is 13.2. The fourth-order valence-electron chi connectivity index (χ4n) is 4.75. The van der Waals surface area contributed by atoms with Crippen LogP contribution in [0.3, 0.4) is 0 Å². The fourth-order valence-corrected chi connectivity index (χ4v) is 4.75. The predicted octanol–water partition coefficient (Wildman–Crippen LogP) is 1.09. The van der Waals surface area contributed by atoms with Crippen molar-refractivity contribution in [1.82, 2.24) is 30.4 Å². The first kappa shape index (κ1) is 27.2. The van der Waals surface area contributed by atoms with Gasteiger partial charge in [0.2, 0.25) is 23.6 Å². The molecule has 2 aliphatic heterocycles. The summed E-state index contributed by atoms with van der Waals surface area (Å²) in [5, 5.41) is 8.44. The number of benzene rings is 1. The zero-order valence-corrected chi connectivity index (χ0v) is 21.9. The van der Waals surface area contributed by atoms with Crippen molar-refractivity contribution < 1.29 is 23.9 Å². The minimum atomic E-state index is -0.730. The van der Waals surface area contributed by atoms with Gasteiger partial charge in [-0.05, 0) is 37.3 Å². The molecular formula is C27H36N6O5. The van der Waals surface area contributed by atoms with E-state index in [0.717, 1.165) is 11.4 Å². The number of hydrogen-bond donors (Lipinski definition) is 3. The Labute approximate surface area is 222 Å². The third-order valence-corrected chi connectivity index (χ3v) is 6.60. The van der Waals surface area contributed by atoms with Gasteiger partial charge in [0.25, 0.3) is 0 Å². The third-order valence-electron chi connectivity index (χ3n) is 6.60. The van der Waals surface area contributed by atoms with Crippen molar-refractivity contribution in [3.8, 4) is 17.1 Å². The van der Waals surface area contributed by atoms with Crippen LogP contribution >= 0.6 is 0 Å². The fraction of sp³-hybridized carbons (Fsp3) is 0.519. The van der Waals surface area contributed by atoms with Gasteiger partial charge in [0.05, 0.1) is 13.2 Å². The Morgan fingerprint density at radius 1 is 1.16 bits per heavy atom. The molecule has 3 heterocycles. The highest BCUT2D eigenvalue weighted by Crippen LogP contribution is 2.23. The van der Waals surface area contributed by atoms with Crippen LogP contribution in [0.4, 0.5) is 0 Å². The maximum atomic E-state index is 13.2. The van der Waals surface area contributed by atoms with Gasteiger partial charge in [-0.25, -0.2) is 4.98 Å². The average Bonchev–Trinajstić information content (AvgIpc) is 3.53. The maximum Gasteiger partial charge on any atom is 0.245 e. The summed E-state index contributed by atoms with van der Waals surface area (Å²) in [5.74, 6) is 0.419. The largest absolute Gasteiger partial charge is 0.494 e. The van der Waals surface area contributed by atoms with Gasteiger partial charge in [-0.1, -0.05) is 26.0 Å². The molecule has 11 heteroatoms. The van der Waals surface area contributed by atoms with Crippen molar-refractivity contribution in [3.63, 3.8) is 0 Å². The molecule has 204 valence electrons. The molecule has 4 amide bonds. The highest BCUT2D eigenvalue weighted by atomic mass is 16.5. The summed E-state index contributed by atoms with van der Waals surface area (Å²) in [5.41, 5.74) is 0.888. The average molecular weight is 525 g/mol. The third kappa shape index (κ3) is 7.11. The second kappa shape index (κ2) is 12.6. The van der Waals surface area contributed by atoms with Gasteiger partial charge in [0.1, 0.15) is 23.7 Å². The van der Waals surface area contributed by atoms with Crippen LogP contribution in [0.5, 0.6) is 5.75 Å². The van der Waals surface area contributed by atoms with Crippen LogP contribution in [0.15, 0.2) is 36.7 Å². The Hall–Kier alpha value is -3.89. The Morgan fingerprint density at radius 3 is 2.76 bits per heavy atom. The summed E-state index contributed by atoms with van der Waals surface area (Å²) in [6.45, 7) is 5.22. The second-order valence-corrected chi connectivity index (χ2v) is 10.1. The van der Waals surface area contributed by atoms with Crippen LogP contribution in [0.1, 0.15) is 39.5 Å².